The van der Waals surface area contributed by atoms with Gasteiger partial charge in [-0.25, -0.2) is 14.8 Å². The number of aliphatic imine (C=N–C) groups is 2. The molecule has 0 atom stereocenters. The molecule has 0 bridgehead atoms. The van der Waals surface area contributed by atoms with E-state index in [-0.39, 0.29) is 12.4 Å². The molecule has 3 aromatic carbocycles. The number of cyclic esters (lactones) is 1. The lowest BCUT2D eigenvalue weighted by Gasteiger charge is -2.34. The van der Waals surface area contributed by atoms with Crippen molar-refractivity contribution >= 4 is 46.7 Å². The molecule has 0 radical (unpaired) electrons. The van der Waals surface area contributed by atoms with Gasteiger partial charge in [-0.3, -0.25) is 0 Å². The molecule has 0 spiro atoms. The first-order valence-corrected chi connectivity index (χ1v) is 11.1. The van der Waals surface area contributed by atoms with E-state index in [9.17, 15) is 4.79 Å². The first kappa shape index (κ1) is 24.1. The van der Waals surface area contributed by atoms with Crippen LogP contribution in [0.2, 0.25) is 0 Å². The van der Waals surface area contributed by atoms with Crippen molar-refractivity contribution in [1.82, 2.24) is 9.80 Å². The fourth-order valence-corrected chi connectivity index (χ4v) is 4.06. The number of carbonyl (C=O) groups excluding carboxylic acids is 1. The standard InChI is InChI=1S/C26H25N5O3.ClH/c1-33-20-9-5-8-19(16-20)28-26(27)31-14-12-30(13-15-31)17-23-25(32)34-24(29-23)22-11-4-7-18-6-2-3-10-21(18)22;/h2-11,16-17H,12-15H2,1H3,(H2,27,28);1H/b23-17+;. The minimum Gasteiger partial charge on any atom is -0.497 e. The average Bonchev–Trinajstić information content (AvgIpc) is 3.23. The van der Waals surface area contributed by atoms with E-state index in [1.54, 1.807) is 13.3 Å². The molecular formula is C26H26ClN5O3. The number of esters is 1. The molecule has 1 fully saturated rings. The number of rotatable bonds is 4. The summed E-state index contributed by atoms with van der Waals surface area (Å²) in [5.41, 5.74) is 8.08. The Bertz CT molecular complexity index is 1320. The maximum absolute atomic E-state index is 12.5. The van der Waals surface area contributed by atoms with Gasteiger partial charge in [0, 0.05) is 44.0 Å². The predicted octanol–water partition coefficient (Wildman–Crippen LogP) is 3.68. The summed E-state index contributed by atoms with van der Waals surface area (Å²) in [5.74, 6) is 1.08. The number of guanidine groups is 1. The van der Waals surface area contributed by atoms with Crippen LogP contribution in [0.15, 0.2) is 88.6 Å². The zero-order valence-corrected chi connectivity index (χ0v) is 20.1. The molecule has 9 heteroatoms. The molecule has 2 aliphatic rings. The molecule has 0 aliphatic carbocycles. The first-order valence-electron chi connectivity index (χ1n) is 11.1. The molecule has 2 heterocycles. The van der Waals surface area contributed by atoms with Gasteiger partial charge in [-0.1, -0.05) is 42.5 Å². The third-order valence-corrected chi connectivity index (χ3v) is 5.88. The van der Waals surface area contributed by atoms with E-state index >= 15 is 0 Å². The molecule has 0 unspecified atom stereocenters. The smallest absolute Gasteiger partial charge is 0.365 e. The molecule has 0 amide bonds. The highest BCUT2D eigenvalue weighted by atomic mass is 35.5. The van der Waals surface area contributed by atoms with Gasteiger partial charge < -0.3 is 25.0 Å². The molecule has 2 aliphatic heterocycles. The molecule has 2 N–H and O–H groups in total. The van der Waals surface area contributed by atoms with Crippen molar-refractivity contribution in [2.75, 3.05) is 33.3 Å². The Hall–Kier alpha value is -4.04. The summed E-state index contributed by atoms with van der Waals surface area (Å²) in [5, 5.41) is 2.07. The highest BCUT2D eigenvalue weighted by Crippen LogP contribution is 2.24. The number of fused-ring (bicyclic) bond motifs is 1. The van der Waals surface area contributed by atoms with E-state index in [1.165, 1.54) is 0 Å². The Morgan fingerprint density at radius 1 is 1.06 bits per heavy atom. The summed E-state index contributed by atoms with van der Waals surface area (Å²) in [4.78, 5) is 25.6. The summed E-state index contributed by atoms with van der Waals surface area (Å²) < 4.78 is 10.8. The van der Waals surface area contributed by atoms with Crippen LogP contribution in [0.5, 0.6) is 5.75 Å². The SMILES string of the molecule is COc1cccc(N=C(N)N2CCN(/C=C3/N=C(c4cccc5ccccc45)OC3=O)CC2)c1.Cl. The third-order valence-electron chi connectivity index (χ3n) is 5.88. The molecule has 8 nitrogen and oxygen atoms in total. The maximum Gasteiger partial charge on any atom is 0.365 e. The van der Waals surface area contributed by atoms with Crippen LogP contribution in [0.1, 0.15) is 5.56 Å². The Morgan fingerprint density at radius 2 is 1.80 bits per heavy atom. The van der Waals surface area contributed by atoms with Crippen LogP contribution < -0.4 is 10.5 Å². The lowest BCUT2D eigenvalue weighted by molar-refractivity contribution is -0.130. The summed E-state index contributed by atoms with van der Waals surface area (Å²) >= 11 is 0. The first-order chi connectivity index (χ1) is 16.6. The Morgan fingerprint density at radius 3 is 2.60 bits per heavy atom. The maximum atomic E-state index is 12.5. The molecule has 0 aromatic heterocycles. The van der Waals surface area contributed by atoms with Gasteiger partial charge >= 0.3 is 5.97 Å². The number of nitrogens with zero attached hydrogens (tertiary/aromatic N) is 4. The number of hydrogen-bond donors (Lipinski definition) is 1. The van der Waals surface area contributed by atoms with Gasteiger partial charge in [-0.05, 0) is 29.0 Å². The van der Waals surface area contributed by atoms with Gasteiger partial charge in [0.05, 0.1) is 12.8 Å². The Labute approximate surface area is 209 Å². The number of hydrogen-bond acceptors (Lipinski definition) is 6. The second-order valence-corrected chi connectivity index (χ2v) is 8.04. The number of nitrogens with two attached hydrogens (primary N) is 1. The van der Waals surface area contributed by atoms with E-state index < -0.39 is 5.97 Å². The third kappa shape index (κ3) is 5.22. The van der Waals surface area contributed by atoms with E-state index in [4.69, 9.17) is 15.2 Å². The van der Waals surface area contributed by atoms with Gasteiger partial charge in [0.2, 0.25) is 5.90 Å². The molecule has 3 aromatic rings. The van der Waals surface area contributed by atoms with Crippen LogP contribution in [0.25, 0.3) is 10.8 Å². The number of methoxy groups -OCH3 is 1. The van der Waals surface area contributed by atoms with Gasteiger partial charge in [-0.15, -0.1) is 12.4 Å². The van der Waals surface area contributed by atoms with Crippen LogP contribution in [0.4, 0.5) is 5.69 Å². The van der Waals surface area contributed by atoms with E-state index in [1.807, 2.05) is 71.6 Å². The van der Waals surface area contributed by atoms with Crippen LogP contribution >= 0.6 is 12.4 Å². The number of halogens is 1. The van der Waals surface area contributed by atoms with Crippen molar-refractivity contribution in [3.05, 3.63) is 84.2 Å². The van der Waals surface area contributed by atoms with Crippen molar-refractivity contribution in [2.45, 2.75) is 0 Å². The van der Waals surface area contributed by atoms with E-state index in [0.717, 1.165) is 27.8 Å². The molecule has 35 heavy (non-hydrogen) atoms. The summed E-state index contributed by atoms with van der Waals surface area (Å²) in [6.07, 6.45) is 1.77. The van der Waals surface area contributed by atoms with Gasteiger partial charge in [-0.2, -0.15) is 0 Å². The quantitative estimate of drug-likeness (QED) is 0.259. The minimum absolute atomic E-state index is 0. The summed E-state index contributed by atoms with van der Waals surface area (Å²) in [7, 11) is 1.62. The number of benzene rings is 3. The molecule has 5 rings (SSSR count). The summed E-state index contributed by atoms with van der Waals surface area (Å²) in [6, 6.07) is 21.3. The monoisotopic (exact) mass is 491 g/mol. The normalized spacial score (nSPS) is 17.3. The zero-order valence-electron chi connectivity index (χ0n) is 19.3. The highest BCUT2D eigenvalue weighted by Gasteiger charge is 2.27. The second kappa shape index (κ2) is 10.5. The van der Waals surface area contributed by atoms with Gasteiger partial charge in [0.25, 0.3) is 0 Å². The second-order valence-electron chi connectivity index (χ2n) is 8.04. The van der Waals surface area contributed by atoms with Crippen molar-refractivity contribution in [3.8, 4) is 5.75 Å². The average molecular weight is 492 g/mol. The molecule has 180 valence electrons. The number of piperazine rings is 1. The van der Waals surface area contributed by atoms with E-state index in [0.29, 0.717) is 43.7 Å². The van der Waals surface area contributed by atoms with Crippen LogP contribution in [0.3, 0.4) is 0 Å². The van der Waals surface area contributed by atoms with Crippen molar-refractivity contribution in [1.29, 1.82) is 0 Å². The van der Waals surface area contributed by atoms with Crippen molar-refractivity contribution in [2.24, 2.45) is 15.7 Å². The largest absolute Gasteiger partial charge is 0.497 e. The lowest BCUT2D eigenvalue weighted by Crippen LogP contribution is -2.49. The molecular weight excluding hydrogens is 466 g/mol. The molecule has 1 saturated heterocycles. The van der Waals surface area contributed by atoms with Crippen molar-refractivity contribution < 1.29 is 14.3 Å². The Balaban J connectivity index is 0.00000289. The lowest BCUT2D eigenvalue weighted by atomic mass is 10.0. The topological polar surface area (TPSA) is 92.8 Å². The predicted molar refractivity (Wildman–Crippen MR) is 139 cm³/mol. The van der Waals surface area contributed by atoms with Gasteiger partial charge in [0.15, 0.2) is 11.7 Å². The van der Waals surface area contributed by atoms with Crippen LogP contribution in [-0.2, 0) is 9.53 Å². The van der Waals surface area contributed by atoms with Crippen LogP contribution in [0, 0.1) is 0 Å². The summed E-state index contributed by atoms with van der Waals surface area (Å²) in [6.45, 7) is 2.73. The fourth-order valence-electron chi connectivity index (χ4n) is 4.06. The highest BCUT2D eigenvalue weighted by molar-refractivity contribution is 6.16. The van der Waals surface area contributed by atoms with Crippen LogP contribution in [-0.4, -0.2) is 60.9 Å². The van der Waals surface area contributed by atoms with Crippen molar-refractivity contribution in [3.63, 3.8) is 0 Å². The zero-order chi connectivity index (χ0) is 23.5. The minimum atomic E-state index is -0.440. The Kier molecular flexibility index (Phi) is 7.22. The van der Waals surface area contributed by atoms with E-state index in [2.05, 4.69) is 14.9 Å². The number of carbonyl (C=O) groups is 1. The molecule has 0 saturated carbocycles. The number of ether oxygens (including phenoxy) is 2. The fraction of sp³-hybridized carbons (Fsp3) is 0.192. The van der Waals surface area contributed by atoms with Gasteiger partial charge in [0.1, 0.15) is 5.75 Å².